The zero-order valence-electron chi connectivity index (χ0n) is 10.3. The summed E-state index contributed by atoms with van der Waals surface area (Å²) in [4.78, 5) is 11.2. The average molecular weight is 220 g/mol. The largest absolute Gasteiger partial charge is 0.366 e. The van der Waals surface area contributed by atoms with Crippen molar-refractivity contribution in [2.24, 2.45) is 0 Å². The smallest absolute Gasteiger partial charge is 0.133 e. The van der Waals surface area contributed by atoms with Crippen molar-refractivity contribution in [1.82, 2.24) is 15.3 Å². The Morgan fingerprint density at radius 2 is 1.69 bits per heavy atom. The minimum absolute atomic E-state index is 0.0297. The molecule has 1 aromatic rings. The number of anilines is 1. The Hall–Kier alpha value is -1.16. The van der Waals surface area contributed by atoms with Crippen LogP contribution in [-0.2, 0) is 5.41 Å². The van der Waals surface area contributed by atoms with E-state index in [0.29, 0.717) is 0 Å². The van der Waals surface area contributed by atoms with Gasteiger partial charge in [-0.05, 0) is 0 Å². The first-order chi connectivity index (χ1) is 7.57. The number of hydrogen-bond acceptors (Lipinski definition) is 4. The highest BCUT2D eigenvalue weighted by Crippen LogP contribution is 2.19. The van der Waals surface area contributed by atoms with E-state index in [2.05, 4.69) is 41.0 Å². The molecule has 1 saturated heterocycles. The van der Waals surface area contributed by atoms with Gasteiger partial charge in [0.15, 0.2) is 0 Å². The van der Waals surface area contributed by atoms with Crippen molar-refractivity contribution < 1.29 is 0 Å². The minimum atomic E-state index is 0.0297. The van der Waals surface area contributed by atoms with Crippen LogP contribution in [0.4, 0.5) is 5.69 Å². The lowest BCUT2D eigenvalue weighted by Gasteiger charge is -2.29. The predicted molar refractivity (Wildman–Crippen MR) is 65.8 cm³/mol. The van der Waals surface area contributed by atoms with Crippen LogP contribution in [-0.4, -0.2) is 36.1 Å². The van der Waals surface area contributed by atoms with E-state index in [4.69, 9.17) is 0 Å². The zero-order chi connectivity index (χ0) is 11.6. The molecule has 1 fully saturated rings. The van der Waals surface area contributed by atoms with Gasteiger partial charge < -0.3 is 10.2 Å². The molecule has 0 unspecified atom stereocenters. The highest BCUT2D eigenvalue weighted by molar-refractivity contribution is 5.42. The summed E-state index contributed by atoms with van der Waals surface area (Å²) in [5.41, 5.74) is 1.16. The van der Waals surface area contributed by atoms with Crippen molar-refractivity contribution in [2.45, 2.75) is 26.2 Å². The van der Waals surface area contributed by atoms with Crippen molar-refractivity contribution in [3.05, 3.63) is 18.2 Å². The molecule has 0 radical (unpaired) electrons. The summed E-state index contributed by atoms with van der Waals surface area (Å²) in [6.45, 7) is 10.6. The number of hydrogen-bond donors (Lipinski definition) is 1. The second-order valence-electron chi connectivity index (χ2n) is 5.25. The molecule has 0 spiro atoms. The van der Waals surface area contributed by atoms with Gasteiger partial charge in [0.1, 0.15) is 5.82 Å². The van der Waals surface area contributed by atoms with Gasteiger partial charge in [0, 0.05) is 31.6 Å². The normalized spacial score (nSPS) is 17.6. The quantitative estimate of drug-likeness (QED) is 0.771. The van der Waals surface area contributed by atoms with Crippen LogP contribution >= 0.6 is 0 Å². The second-order valence-corrected chi connectivity index (χ2v) is 5.25. The molecule has 2 heterocycles. The maximum absolute atomic E-state index is 4.45. The Bertz CT molecular complexity index is 333. The van der Waals surface area contributed by atoms with Crippen LogP contribution in [0.25, 0.3) is 0 Å². The summed E-state index contributed by atoms with van der Waals surface area (Å²) in [6, 6.07) is 0. The molecule has 0 aromatic carbocycles. The minimum Gasteiger partial charge on any atom is -0.366 e. The molecule has 0 saturated carbocycles. The van der Waals surface area contributed by atoms with Gasteiger partial charge in [-0.2, -0.15) is 0 Å². The molecule has 4 nitrogen and oxygen atoms in total. The molecule has 1 N–H and O–H groups in total. The van der Waals surface area contributed by atoms with E-state index in [1.165, 1.54) is 0 Å². The monoisotopic (exact) mass is 220 g/mol. The molecule has 0 aliphatic carbocycles. The van der Waals surface area contributed by atoms with Crippen LogP contribution < -0.4 is 10.2 Å². The first-order valence-corrected chi connectivity index (χ1v) is 5.85. The Kier molecular flexibility index (Phi) is 3.10. The van der Waals surface area contributed by atoms with E-state index in [9.17, 15) is 0 Å². The van der Waals surface area contributed by atoms with Gasteiger partial charge in [0.05, 0.1) is 18.1 Å². The van der Waals surface area contributed by atoms with Gasteiger partial charge in [0.25, 0.3) is 0 Å². The molecule has 1 aliphatic rings. The summed E-state index contributed by atoms with van der Waals surface area (Å²) in [6.07, 6.45) is 3.89. The van der Waals surface area contributed by atoms with Gasteiger partial charge in [-0.25, -0.2) is 9.97 Å². The number of nitrogens with one attached hydrogen (secondary N) is 1. The first-order valence-electron chi connectivity index (χ1n) is 5.85. The summed E-state index contributed by atoms with van der Waals surface area (Å²) in [5, 5.41) is 3.34. The molecule has 0 bridgehead atoms. The summed E-state index contributed by atoms with van der Waals surface area (Å²) in [7, 11) is 0. The highest BCUT2D eigenvalue weighted by atomic mass is 15.2. The third kappa shape index (κ3) is 2.50. The molecule has 0 amide bonds. The lowest BCUT2D eigenvalue weighted by Crippen LogP contribution is -2.43. The van der Waals surface area contributed by atoms with Gasteiger partial charge in [-0.15, -0.1) is 0 Å². The van der Waals surface area contributed by atoms with Gasteiger partial charge >= 0.3 is 0 Å². The molecule has 0 atom stereocenters. The Balaban J connectivity index is 2.12. The van der Waals surface area contributed by atoms with Crippen molar-refractivity contribution in [1.29, 1.82) is 0 Å². The van der Waals surface area contributed by atoms with Crippen LogP contribution in [0.2, 0.25) is 0 Å². The fourth-order valence-corrected chi connectivity index (χ4v) is 1.79. The van der Waals surface area contributed by atoms with Crippen LogP contribution in [0.15, 0.2) is 12.4 Å². The summed E-state index contributed by atoms with van der Waals surface area (Å²) >= 11 is 0. The fraction of sp³-hybridized carbons (Fsp3) is 0.667. The van der Waals surface area contributed by atoms with Crippen LogP contribution in [0.5, 0.6) is 0 Å². The predicted octanol–water partition coefficient (Wildman–Crippen LogP) is 1.18. The lowest BCUT2D eigenvalue weighted by molar-refractivity contribution is 0.542. The van der Waals surface area contributed by atoms with Crippen LogP contribution in [0.3, 0.4) is 0 Å². The average Bonchev–Trinajstić information content (AvgIpc) is 2.29. The number of rotatable bonds is 1. The van der Waals surface area contributed by atoms with Gasteiger partial charge in [0.2, 0.25) is 0 Å². The third-order valence-corrected chi connectivity index (χ3v) is 2.79. The standard InChI is InChI=1S/C12H20N4/c1-12(2,3)11-14-8-10(9-15-11)16-6-4-13-5-7-16/h8-9,13H,4-7H2,1-3H3. The SMILES string of the molecule is CC(C)(C)c1ncc(N2CCNCC2)cn1. The van der Waals surface area contributed by atoms with Gasteiger partial charge in [-0.3, -0.25) is 0 Å². The van der Waals surface area contributed by atoms with E-state index in [-0.39, 0.29) is 5.41 Å². The summed E-state index contributed by atoms with van der Waals surface area (Å²) < 4.78 is 0. The van der Waals surface area contributed by atoms with E-state index in [0.717, 1.165) is 37.7 Å². The number of aromatic nitrogens is 2. The number of nitrogens with zero attached hydrogens (tertiary/aromatic N) is 3. The van der Waals surface area contributed by atoms with E-state index < -0.39 is 0 Å². The molecular formula is C12H20N4. The van der Waals surface area contributed by atoms with Crippen LogP contribution in [0.1, 0.15) is 26.6 Å². The van der Waals surface area contributed by atoms with E-state index in [1.807, 2.05) is 12.4 Å². The lowest BCUT2D eigenvalue weighted by atomic mass is 9.96. The van der Waals surface area contributed by atoms with Crippen LogP contribution in [0, 0.1) is 0 Å². The molecule has 1 aliphatic heterocycles. The zero-order valence-corrected chi connectivity index (χ0v) is 10.3. The van der Waals surface area contributed by atoms with E-state index in [1.54, 1.807) is 0 Å². The molecule has 16 heavy (non-hydrogen) atoms. The third-order valence-electron chi connectivity index (χ3n) is 2.79. The van der Waals surface area contributed by atoms with Crippen molar-refractivity contribution >= 4 is 5.69 Å². The number of piperazine rings is 1. The maximum Gasteiger partial charge on any atom is 0.133 e. The Labute approximate surface area is 97.1 Å². The summed E-state index contributed by atoms with van der Waals surface area (Å²) in [5.74, 6) is 0.909. The van der Waals surface area contributed by atoms with Crippen molar-refractivity contribution in [3.63, 3.8) is 0 Å². The maximum atomic E-state index is 4.45. The van der Waals surface area contributed by atoms with Gasteiger partial charge in [-0.1, -0.05) is 20.8 Å². The first kappa shape index (κ1) is 11.3. The molecule has 2 rings (SSSR count). The fourth-order valence-electron chi connectivity index (χ4n) is 1.79. The molecule has 4 heteroatoms. The van der Waals surface area contributed by atoms with E-state index >= 15 is 0 Å². The van der Waals surface area contributed by atoms with Crippen molar-refractivity contribution in [3.8, 4) is 0 Å². The Morgan fingerprint density at radius 3 is 2.19 bits per heavy atom. The molecule has 1 aromatic heterocycles. The Morgan fingerprint density at radius 1 is 1.12 bits per heavy atom. The molecular weight excluding hydrogens is 200 g/mol. The topological polar surface area (TPSA) is 41.1 Å². The van der Waals surface area contributed by atoms with Crippen molar-refractivity contribution in [2.75, 3.05) is 31.1 Å². The second kappa shape index (κ2) is 4.37. The molecule has 88 valence electrons. The highest BCUT2D eigenvalue weighted by Gasteiger charge is 2.18.